The number of benzene rings is 2. The monoisotopic (exact) mass is 329 g/mol. The fraction of sp³-hybridized carbons (Fsp3) is 0.250. The topological polar surface area (TPSA) is 35.2 Å². The predicted molar refractivity (Wildman–Crippen MR) is 87.4 cm³/mol. The van der Waals surface area contributed by atoms with Crippen LogP contribution in [0.2, 0.25) is 5.02 Å². The minimum absolute atomic E-state index is 0. The first kappa shape index (κ1) is 17.9. The van der Waals surface area contributed by atoms with Crippen molar-refractivity contribution in [1.29, 1.82) is 0 Å². The van der Waals surface area contributed by atoms with Gasteiger partial charge in [-0.1, -0.05) is 41.9 Å². The van der Waals surface area contributed by atoms with Gasteiger partial charge in [0, 0.05) is 6.61 Å². The zero-order valence-electron chi connectivity index (χ0n) is 11.5. The van der Waals surface area contributed by atoms with E-state index in [-0.39, 0.29) is 17.4 Å². The molecule has 0 saturated carbocycles. The smallest absolute Gasteiger partial charge is 0.141 e. The molecule has 0 aliphatic heterocycles. The fourth-order valence-corrected chi connectivity index (χ4v) is 2.03. The van der Waals surface area contributed by atoms with Crippen LogP contribution in [-0.2, 0) is 11.3 Å². The molecule has 0 unspecified atom stereocenters. The molecule has 0 bridgehead atoms. The molecule has 2 N–H and O–H groups in total. The maximum atomic E-state index is 13.1. The molecule has 0 aliphatic carbocycles. The van der Waals surface area contributed by atoms with Crippen molar-refractivity contribution in [3.63, 3.8) is 0 Å². The molecule has 0 spiro atoms. The third-order valence-corrected chi connectivity index (χ3v) is 3.26. The van der Waals surface area contributed by atoms with Crippen LogP contribution in [0, 0.1) is 5.82 Å². The highest BCUT2D eigenvalue weighted by molar-refractivity contribution is 6.31. The maximum absolute atomic E-state index is 13.1. The molecule has 0 saturated heterocycles. The third-order valence-electron chi connectivity index (χ3n) is 2.97. The highest BCUT2D eigenvalue weighted by Crippen LogP contribution is 2.25. The van der Waals surface area contributed by atoms with Gasteiger partial charge in [-0.05, 0) is 41.8 Å². The van der Waals surface area contributed by atoms with Gasteiger partial charge >= 0.3 is 0 Å². The van der Waals surface area contributed by atoms with Gasteiger partial charge in [0.05, 0.1) is 11.6 Å². The van der Waals surface area contributed by atoms with E-state index in [2.05, 4.69) is 0 Å². The number of nitrogens with two attached hydrogens (primary N) is 1. The van der Waals surface area contributed by atoms with Crippen LogP contribution in [0.25, 0.3) is 11.1 Å². The average molecular weight is 330 g/mol. The number of hydrogen-bond acceptors (Lipinski definition) is 2. The highest BCUT2D eigenvalue weighted by atomic mass is 35.5. The lowest BCUT2D eigenvalue weighted by Crippen LogP contribution is -2.04. The molecule has 2 aromatic rings. The summed E-state index contributed by atoms with van der Waals surface area (Å²) < 4.78 is 18.6. The van der Waals surface area contributed by atoms with Gasteiger partial charge in [0.1, 0.15) is 5.82 Å². The zero-order chi connectivity index (χ0) is 14.4. The second-order valence-corrected chi connectivity index (χ2v) is 4.93. The van der Waals surface area contributed by atoms with Gasteiger partial charge in [0.25, 0.3) is 0 Å². The van der Waals surface area contributed by atoms with Crippen molar-refractivity contribution in [3.8, 4) is 11.1 Å². The van der Waals surface area contributed by atoms with Crippen LogP contribution < -0.4 is 5.73 Å². The molecular formula is C16H18Cl2FNO. The highest BCUT2D eigenvalue weighted by Gasteiger charge is 2.03. The number of hydrogen-bond donors (Lipinski definition) is 1. The number of halogens is 3. The van der Waals surface area contributed by atoms with E-state index in [1.165, 1.54) is 6.07 Å². The molecule has 0 heterocycles. The molecule has 2 aromatic carbocycles. The summed E-state index contributed by atoms with van der Waals surface area (Å²) in [6.07, 6.45) is 0.867. The van der Waals surface area contributed by atoms with Gasteiger partial charge in [-0.3, -0.25) is 0 Å². The van der Waals surface area contributed by atoms with Crippen LogP contribution in [0.4, 0.5) is 4.39 Å². The van der Waals surface area contributed by atoms with E-state index in [1.54, 1.807) is 12.1 Å². The van der Waals surface area contributed by atoms with Crippen molar-refractivity contribution in [2.45, 2.75) is 13.0 Å². The van der Waals surface area contributed by atoms with Crippen molar-refractivity contribution >= 4 is 24.0 Å². The Morgan fingerprint density at radius 3 is 2.33 bits per heavy atom. The van der Waals surface area contributed by atoms with E-state index in [9.17, 15) is 4.39 Å². The molecule has 0 radical (unpaired) electrons. The van der Waals surface area contributed by atoms with Gasteiger partial charge in [-0.15, -0.1) is 12.4 Å². The molecule has 114 valence electrons. The van der Waals surface area contributed by atoms with Crippen molar-refractivity contribution in [3.05, 3.63) is 58.9 Å². The summed E-state index contributed by atoms with van der Waals surface area (Å²) in [5.74, 6) is -0.402. The summed E-state index contributed by atoms with van der Waals surface area (Å²) in [5.41, 5.74) is 8.39. The van der Waals surface area contributed by atoms with Crippen LogP contribution in [0.5, 0.6) is 0 Å². The fourth-order valence-electron chi connectivity index (χ4n) is 1.84. The Labute approximate surface area is 135 Å². The first-order chi connectivity index (χ1) is 9.70. The first-order valence-corrected chi connectivity index (χ1v) is 6.90. The normalized spacial score (nSPS) is 10.2. The Hall–Kier alpha value is -1.13. The van der Waals surface area contributed by atoms with Crippen LogP contribution in [-0.4, -0.2) is 13.2 Å². The van der Waals surface area contributed by atoms with Crippen LogP contribution in [0.1, 0.15) is 12.0 Å². The van der Waals surface area contributed by atoms with Gasteiger partial charge < -0.3 is 10.5 Å². The Balaban J connectivity index is 0.00000220. The molecule has 0 amide bonds. The summed E-state index contributed by atoms with van der Waals surface area (Å²) in [6.45, 7) is 1.89. The van der Waals surface area contributed by atoms with E-state index in [1.807, 2.05) is 24.3 Å². The van der Waals surface area contributed by atoms with E-state index < -0.39 is 5.82 Å². The van der Waals surface area contributed by atoms with Crippen molar-refractivity contribution in [2.75, 3.05) is 13.2 Å². The minimum Gasteiger partial charge on any atom is -0.377 e. The molecular weight excluding hydrogens is 312 g/mol. The molecule has 0 atom stereocenters. The van der Waals surface area contributed by atoms with Gasteiger partial charge in [-0.25, -0.2) is 4.39 Å². The standard InChI is InChI=1S/C16H17ClFNO.ClH/c17-15-10-14(6-7-16(15)18)13-4-2-12(3-5-13)11-20-9-1-8-19;/h2-7,10H,1,8-9,11,19H2;1H. The van der Waals surface area contributed by atoms with Crippen LogP contribution in [0.3, 0.4) is 0 Å². The summed E-state index contributed by atoms with van der Waals surface area (Å²) in [6, 6.07) is 12.7. The summed E-state index contributed by atoms with van der Waals surface area (Å²) >= 11 is 5.79. The lowest BCUT2D eigenvalue weighted by atomic mass is 10.0. The first-order valence-electron chi connectivity index (χ1n) is 6.53. The Bertz CT molecular complexity index is 561. The van der Waals surface area contributed by atoms with Gasteiger partial charge in [0.2, 0.25) is 0 Å². The Kier molecular flexibility index (Phi) is 7.68. The van der Waals surface area contributed by atoms with Crippen molar-refractivity contribution in [2.24, 2.45) is 5.73 Å². The quantitative estimate of drug-likeness (QED) is 0.795. The molecule has 2 rings (SSSR count). The molecule has 0 aliphatic rings. The van der Waals surface area contributed by atoms with E-state index in [0.29, 0.717) is 19.8 Å². The summed E-state index contributed by atoms with van der Waals surface area (Å²) in [5, 5.41) is 0.136. The van der Waals surface area contributed by atoms with E-state index in [0.717, 1.165) is 23.1 Å². The second kappa shape index (κ2) is 9.00. The molecule has 2 nitrogen and oxygen atoms in total. The van der Waals surface area contributed by atoms with Crippen molar-refractivity contribution in [1.82, 2.24) is 0 Å². The van der Waals surface area contributed by atoms with Gasteiger partial charge in [0.15, 0.2) is 0 Å². The van der Waals surface area contributed by atoms with E-state index >= 15 is 0 Å². The largest absolute Gasteiger partial charge is 0.377 e. The number of ether oxygens (including phenoxy) is 1. The molecule has 0 aromatic heterocycles. The number of rotatable bonds is 6. The predicted octanol–water partition coefficient (Wildman–Crippen LogP) is 4.43. The lowest BCUT2D eigenvalue weighted by molar-refractivity contribution is 0.120. The minimum atomic E-state index is -0.402. The molecule has 5 heteroatoms. The summed E-state index contributed by atoms with van der Waals surface area (Å²) in [7, 11) is 0. The van der Waals surface area contributed by atoms with Crippen LogP contribution in [0.15, 0.2) is 42.5 Å². The lowest BCUT2D eigenvalue weighted by Gasteiger charge is -2.06. The van der Waals surface area contributed by atoms with Crippen molar-refractivity contribution < 1.29 is 9.13 Å². The summed E-state index contributed by atoms with van der Waals surface area (Å²) in [4.78, 5) is 0. The van der Waals surface area contributed by atoms with E-state index in [4.69, 9.17) is 22.1 Å². The molecule has 21 heavy (non-hydrogen) atoms. The second-order valence-electron chi connectivity index (χ2n) is 4.52. The average Bonchev–Trinajstić information content (AvgIpc) is 2.47. The zero-order valence-corrected chi connectivity index (χ0v) is 13.1. The Morgan fingerprint density at radius 2 is 1.71 bits per heavy atom. The SMILES string of the molecule is Cl.NCCCOCc1ccc(-c2ccc(F)c(Cl)c2)cc1. The van der Waals surface area contributed by atoms with Crippen LogP contribution >= 0.6 is 24.0 Å². The maximum Gasteiger partial charge on any atom is 0.141 e. The van der Waals surface area contributed by atoms with Gasteiger partial charge in [-0.2, -0.15) is 0 Å². The third kappa shape index (κ3) is 5.29. The molecule has 0 fully saturated rings. The Morgan fingerprint density at radius 1 is 1.05 bits per heavy atom.